The van der Waals surface area contributed by atoms with Crippen molar-refractivity contribution >= 4 is 11.9 Å². The first-order chi connectivity index (χ1) is 16.6. The van der Waals surface area contributed by atoms with Gasteiger partial charge in [0.25, 0.3) is 0 Å². The minimum atomic E-state index is -4.39. The molecule has 1 saturated heterocycles. The van der Waals surface area contributed by atoms with Gasteiger partial charge in [-0.05, 0) is 34.4 Å². The molecule has 6 nitrogen and oxygen atoms in total. The summed E-state index contributed by atoms with van der Waals surface area (Å²) in [5, 5.41) is 14.8. The molecule has 2 N–H and O–H groups in total. The van der Waals surface area contributed by atoms with Crippen LogP contribution in [0.4, 0.5) is 13.2 Å². The summed E-state index contributed by atoms with van der Waals surface area (Å²) >= 11 is 0. The lowest BCUT2D eigenvalue weighted by atomic mass is 9.84. The van der Waals surface area contributed by atoms with Gasteiger partial charge < -0.3 is 14.9 Å². The van der Waals surface area contributed by atoms with Crippen LogP contribution in [0.15, 0.2) is 78.9 Å². The lowest BCUT2D eigenvalue weighted by molar-refractivity contribution is -0.159. The molecule has 9 heteroatoms. The van der Waals surface area contributed by atoms with Crippen molar-refractivity contribution in [3.63, 3.8) is 0 Å². The maximum absolute atomic E-state index is 13.4. The average molecular weight is 485 g/mol. The minimum Gasteiger partial charge on any atom is -0.473 e. The van der Waals surface area contributed by atoms with Crippen molar-refractivity contribution < 1.29 is 37.7 Å². The topological polar surface area (TPSA) is 87.1 Å². The predicted octanol–water partition coefficient (Wildman–Crippen LogP) is 4.69. The van der Waals surface area contributed by atoms with E-state index in [1.54, 1.807) is 6.07 Å². The summed E-state index contributed by atoms with van der Waals surface area (Å²) in [6.45, 7) is 1.96. The number of benzene rings is 3. The molecular formula is C26H22F3NO5. The van der Waals surface area contributed by atoms with Gasteiger partial charge in [-0.15, -0.1) is 0 Å². The Morgan fingerprint density at radius 1 is 0.943 bits per heavy atom. The molecule has 2 unspecified atom stereocenters. The summed E-state index contributed by atoms with van der Waals surface area (Å²) in [4.78, 5) is 20.5. The van der Waals surface area contributed by atoms with Crippen molar-refractivity contribution in [1.29, 1.82) is 0 Å². The molecule has 2 heterocycles. The minimum absolute atomic E-state index is 0.154. The molecule has 2 aliphatic rings. The molecule has 0 aliphatic carbocycles. The first kappa shape index (κ1) is 24.4. The number of rotatable bonds is 3. The standard InChI is InChI=1S/C24H20F3NO.C2H2O4/c25-24(26,27)19-10-6-9-18(13-19)23-16-28(14-17-7-2-1-3-8-17)15-22(29-23)20-11-4-5-12-21(20)23;3-1(4)2(5)6/h1-13,22H,14-16H2;(H,3,4)(H,5,6). The van der Waals surface area contributed by atoms with Crippen molar-refractivity contribution in [2.24, 2.45) is 0 Å². The lowest BCUT2D eigenvalue weighted by Crippen LogP contribution is -2.47. The number of alkyl halides is 3. The second kappa shape index (κ2) is 9.52. The molecule has 0 amide bonds. The maximum atomic E-state index is 13.4. The monoisotopic (exact) mass is 485 g/mol. The quantitative estimate of drug-likeness (QED) is 0.524. The number of nitrogens with zero attached hydrogens (tertiary/aromatic N) is 1. The zero-order valence-electron chi connectivity index (χ0n) is 18.4. The molecule has 0 spiro atoms. The van der Waals surface area contributed by atoms with Gasteiger partial charge in [-0.3, -0.25) is 4.90 Å². The van der Waals surface area contributed by atoms with Crippen molar-refractivity contribution in [3.8, 4) is 0 Å². The van der Waals surface area contributed by atoms with Crippen LogP contribution in [0, 0.1) is 0 Å². The maximum Gasteiger partial charge on any atom is 0.416 e. The fourth-order valence-electron chi connectivity index (χ4n) is 4.61. The highest BCUT2D eigenvalue weighted by atomic mass is 19.4. The van der Waals surface area contributed by atoms with Gasteiger partial charge in [0.2, 0.25) is 0 Å². The second-order valence-electron chi connectivity index (χ2n) is 8.36. The zero-order chi connectivity index (χ0) is 25.2. The van der Waals surface area contributed by atoms with E-state index >= 15 is 0 Å². The van der Waals surface area contributed by atoms with Gasteiger partial charge in [-0.25, -0.2) is 9.59 Å². The Labute approximate surface area is 199 Å². The molecular weight excluding hydrogens is 463 g/mol. The van der Waals surface area contributed by atoms with Crippen LogP contribution in [0.25, 0.3) is 0 Å². The molecule has 0 saturated carbocycles. The Bertz CT molecular complexity index is 1220. The summed E-state index contributed by atoms with van der Waals surface area (Å²) in [6, 6.07) is 23.6. The molecule has 0 aromatic heterocycles. The van der Waals surface area contributed by atoms with E-state index in [1.165, 1.54) is 17.7 Å². The van der Waals surface area contributed by atoms with E-state index in [-0.39, 0.29) is 6.10 Å². The smallest absolute Gasteiger partial charge is 0.416 e. The number of hydrogen-bond acceptors (Lipinski definition) is 4. The van der Waals surface area contributed by atoms with E-state index in [0.29, 0.717) is 18.7 Å². The predicted molar refractivity (Wildman–Crippen MR) is 119 cm³/mol. The lowest BCUT2D eigenvalue weighted by Gasteiger charge is -2.41. The summed E-state index contributed by atoms with van der Waals surface area (Å²) in [7, 11) is 0. The largest absolute Gasteiger partial charge is 0.473 e. The van der Waals surface area contributed by atoms with Crippen LogP contribution in [0.1, 0.15) is 33.9 Å². The van der Waals surface area contributed by atoms with Gasteiger partial charge in [-0.2, -0.15) is 13.2 Å². The summed E-state index contributed by atoms with van der Waals surface area (Å²) < 4.78 is 46.6. The summed E-state index contributed by atoms with van der Waals surface area (Å²) in [5.74, 6) is -3.65. The third kappa shape index (κ3) is 5.06. The number of halogens is 3. The molecule has 3 aromatic rings. The SMILES string of the molecule is FC(F)(F)c1cccc(C23CN(Cc4ccccc4)CC(O2)c2ccccc23)c1.O=C(O)C(=O)O. The Balaban J connectivity index is 0.000000431. The van der Waals surface area contributed by atoms with Crippen LogP contribution in [0.5, 0.6) is 0 Å². The number of fused-ring (bicyclic) bond motifs is 5. The molecule has 1 fully saturated rings. The van der Waals surface area contributed by atoms with E-state index in [2.05, 4.69) is 17.0 Å². The Morgan fingerprint density at radius 3 is 2.26 bits per heavy atom. The third-order valence-corrected chi connectivity index (χ3v) is 6.04. The number of aliphatic carboxylic acids is 2. The number of morpholine rings is 1. The Morgan fingerprint density at radius 2 is 1.60 bits per heavy atom. The number of carboxylic acid groups (broad SMARTS) is 2. The van der Waals surface area contributed by atoms with Crippen molar-refractivity contribution in [3.05, 3.63) is 107 Å². The number of carboxylic acids is 2. The van der Waals surface area contributed by atoms with Gasteiger partial charge in [0, 0.05) is 19.6 Å². The Hall–Kier alpha value is -3.69. The Kier molecular flexibility index (Phi) is 6.64. The van der Waals surface area contributed by atoms with Gasteiger partial charge in [-0.1, -0.05) is 66.7 Å². The van der Waals surface area contributed by atoms with Gasteiger partial charge >= 0.3 is 18.1 Å². The highest BCUT2D eigenvalue weighted by molar-refractivity contribution is 6.27. The van der Waals surface area contributed by atoms with Crippen LogP contribution >= 0.6 is 0 Å². The molecule has 182 valence electrons. The molecule has 0 radical (unpaired) electrons. The number of carbonyl (C=O) groups is 2. The molecule has 2 aliphatic heterocycles. The van der Waals surface area contributed by atoms with Gasteiger partial charge in [0.15, 0.2) is 0 Å². The van der Waals surface area contributed by atoms with Crippen molar-refractivity contribution in [1.82, 2.24) is 4.90 Å². The summed E-state index contributed by atoms with van der Waals surface area (Å²) in [5.41, 5.74) is 2.24. The summed E-state index contributed by atoms with van der Waals surface area (Å²) in [6.07, 6.45) is -4.54. The highest BCUT2D eigenvalue weighted by Crippen LogP contribution is 2.51. The average Bonchev–Trinajstić information content (AvgIpc) is 3.07. The number of hydrogen-bond donors (Lipinski definition) is 2. The van der Waals surface area contributed by atoms with E-state index in [1.807, 2.05) is 42.5 Å². The molecule has 3 aromatic carbocycles. The van der Waals surface area contributed by atoms with Gasteiger partial charge in [0.05, 0.1) is 11.7 Å². The van der Waals surface area contributed by atoms with Crippen LogP contribution < -0.4 is 0 Å². The zero-order valence-corrected chi connectivity index (χ0v) is 18.4. The number of ether oxygens (including phenoxy) is 1. The highest BCUT2D eigenvalue weighted by Gasteiger charge is 2.51. The van der Waals surface area contributed by atoms with E-state index < -0.39 is 29.3 Å². The molecule has 2 bridgehead atoms. The first-order valence-electron chi connectivity index (χ1n) is 10.8. The van der Waals surface area contributed by atoms with Crippen LogP contribution in [0.2, 0.25) is 0 Å². The fraction of sp³-hybridized carbons (Fsp3) is 0.231. The molecule has 2 atom stereocenters. The third-order valence-electron chi connectivity index (χ3n) is 6.04. The van der Waals surface area contributed by atoms with E-state index in [4.69, 9.17) is 24.5 Å². The molecule has 5 rings (SSSR count). The van der Waals surface area contributed by atoms with Crippen LogP contribution in [-0.4, -0.2) is 40.1 Å². The second-order valence-corrected chi connectivity index (χ2v) is 8.36. The van der Waals surface area contributed by atoms with E-state index in [0.717, 1.165) is 23.7 Å². The van der Waals surface area contributed by atoms with Crippen LogP contribution in [-0.2, 0) is 32.6 Å². The molecule has 35 heavy (non-hydrogen) atoms. The van der Waals surface area contributed by atoms with E-state index in [9.17, 15) is 13.2 Å². The van der Waals surface area contributed by atoms with Crippen molar-refractivity contribution in [2.75, 3.05) is 13.1 Å². The van der Waals surface area contributed by atoms with Gasteiger partial charge in [0.1, 0.15) is 5.60 Å². The van der Waals surface area contributed by atoms with Crippen LogP contribution in [0.3, 0.4) is 0 Å². The fourth-order valence-corrected chi connectivity index (χ4v) is 4.61. The first-order valence-corrected chi connectivity index (χ1v) is 10.8. The van der Waals surface area contributed by atoms with Crippen molar-refractivity contribution in [2.45, 2.75) is 24.4 Å². The normalized spacial score (nSPS) is 20.9.